The van der Waals surface area contributed by atoms with Crippen LogP contribution in [0.15, 0.2) is 17.5 Å². The van der Waals surface area contributed by atoms with Gasteiger partial charge in [-0.3, -0.25) is 4.79 Å². The predicted molar refractivity (Wildman–Crippen MR) is 51.2 cm³/mol. The van der Waals surface area contributed by atoms with Crippen molar-refractivity contribution in [2.24, 2.45) is 0 Å². The zero-order valence-corrected chi connectivity index (χ0v) is 7.87. The van der Waals surface area contributed by atoms with Gasteiger partial charge in [-0.05, 0) is 11.4 Å². The molecule has 1 heterocycles. The quantitative estimate of drug-likeness (QED) is 0.694. The Bertz CT molecular complexity index is 199. The fourth-order valence-corrected chi connectivity index (χ4v) is 1.20. The van der Waals surface area contributed by atoms with Gasteiger partial charge in [0.05, 0.1) is 4.88 Å². The highest BCUT2D eigenvalue weighted by molar-refractivity contribution is 7.12. The molecule has 0 aliphatic rings. The van der Waals surface area contributed by atoms with Crippen molar-refractivity contribution in [2.45, 2.75) is 13.8 Å². The zero-order chi connectivity index (χ0) is 8.69. The van der Waals surface area contributed by atoms with Crippen LogP contribution in [0.1, 0.15) is 24.9 Å². The maximum absolute atomic E-state index is 10.8. The molecule has 0 unspecified atom stereocenters. The minimum atomic E-state index is -0.00926. The third kappa shape index (κ3) is 3.18. The van der Waals surface area contributed by atoms with E-state index in [9.17, 15) is 4.79 Å². The molecular formula is C8H15NOS. The second kappa shape index (κ2) is 5.92. The number of rotatable bonds is 1. The van der Waals surface area contributed by atoms with Crippen molar-refractivity contribution in [3.8, 4) is 0 Å². The van der Waals surface area contributed by atoms with Crippen LogP contribution in [0.25, 0.3) is 0 Å². The molecule has 0 spiro atoms. The van der Waals surface area contributed by atoms with Gasteiger partial charge in [-0.25, -0.2) is 0 Å². The average molecular weight is 173 g/mol. The highest BCUT2D eigenvalue weighted by Crippen LogP contribution is 2.06. The molecule has 64 valence electrons. The summed E-state index contributed by atoms with van der Waals surface area (Å²) in [4.78, 5) is 11.5. The summed E-state index contributed by atoms with van der Waals surface area (Å²) in [5, 5.41) is 4.42. The first-order valence-corrected chi connectivity index (χ1v) is 4.48. The normalized spacial score (nSPS) is 7.91. The van der Waals surface area contributed by atoms with Crippen LogP contribution in [-0.4, -0.2) is 13.0 Å². The topological polar surface area (TPSA) is 29.1 Å². The SMILES string of the molecule is CC.CNC(=O)c1cccs1.[HH]. The lowest BCUT2D eigenvalue weighted by Gasteiger charge is -1.90. The molecule has 0 bridgehead atoms. The maximum Gasteiger partial charge on any atom is 0.261 e. The number of thiophene rings is 1. The van der Waals surface area contributed by atoms with E-state index in [2.05, 4.69) is 5.32 Å². The van der Waals surface area contributed by atoms with Crippen molar-refractivity contribution in [3.05, 3.63) is 22.4 Å². The number of hydrogen-bond acceptors (Lipinski definition) is 2. The first-order chi connectivity index (χ1) is 5.34. The summed E-state index contributed by atoms with van der Waals surface area (Å²) in [6, 6.07) is 3.65. The molecule has 3 heteroatoms. The fraction of sp³-hybridized carbons (Fsp3) is 0.375. The third-order valence-electron chi connectivity index (χ3n) is 0.972. The maximum atomic E-state index is 10.8. The largest absolute Gasteiger partial charge is 0.354 e. The van der Waals surface area contributed by atoms with Crippen LogP contribution in [0.3, 0.4) is 0 Å². The summed E-state index contributed by atoms with van der Waals surface area (Å²) in [5.74, 6) is -0.00926. The monoisotopic (exact) mass is 173 g/mol. The number of amides is 1. The first-order valence-electron chi connectivity index (χ1n) is 3.60. The van der Waals surface area contributed by atoms with Gasteiger partial charge in [0.1, 0.15) is 0 Å². The van der Waals surface area contributed by atoms with Crippen LogP contribution in [0, 0.1) is 0 Å². The fourth-order valence-electron chi connectivity index (χ4n) is 0.531. The van der Waals surface area contributed by atoms with Crippen molar-refractivity contribution in [1.29, 1.82) is 0 Å². The Labute approximate surface area is 72.7 Å². The van der Waals surface area contributed by atoms with Crippen LogP contribution in [-0.2, 0) is 0 Å². The second-order valence-corrected chi connectivity index (χ2v) is 2.50. The zero-order valence-electron chi connectivity index (χ0n) is 7.05. The van der Waals surface area contributed by atoms with Gasteiger partial charge in [-0.2, -0.15) is 0 Å². The number of hydrogen-bond donors (Lipinski definition) is 1. The summed E-state index contributed by atoms with van der Waals surface area (Å²) in [6.45, 7) is 4.00. The molecule has 1 aromatic rings. The third-order valence-corrected chi connectivity index (χ3v) is 1.84. The minimum absolute atomic E-state index is 0. The Kier molecular flexibility index (Phi) is 5.47. The van der Waals surface area contributed by atoms with E-state index in [0.29, 0.717) is 0 Å². The van der Waals surface area contributed by atoms with Gasteiger partial charge in [0.15, 0.2) is 0 Å². The molecule has 0 saturated heterocycles. The molecule has 0 aliphatic heterocycles. The average Bonchev–Trinajstić information content (AvgIpc) is 2.59. The second-order valence-electron chi connectivity index (χ2n) is 1.56. The number of carbonyl (C=O) groups excluding carboxylic acids is 1. The Balaban J connectivity index is 0. The standard InChI is InChI=1S/C6H7NOS.C2H6.H2/c1-7-6(8)5-3-2-4-9-5;1-2;/h2-4H,1H3,(H,7,8);1-2H3;1H. The van der Waals surface area contributed by atoms with Crippen LogP contribution >= 0.6 is 11.3 Å². The number of nitrogens with one attached hydrogen (secondary N) is 1. The lowest BCUT2D eigenvalue weighted by molar-refractivity contribution is 0.0967. The molecule has 1 rings (SSSR count). The van der Waals surface area contributed by atoms with E-state index < -0.39 is 0 Å². The van der Waals surface area contributed by atoms with Gasteiger partial charge in [-0.15, -0.1) is 11.3 Å². The highest BCUT2D eigenvalue weighted by Gasteiger charge is 2.00. The van der Waals surface area contributed by atoms with Crippen LogP contribution < -0.4 is 5.32 Å². The molecule has 2 nitrogen and oxygen atoms in total. The lowest BCUT2D eigenvalue weighted by Crippen LogP contribution is -2.15. The molecule has 0 saturated carbocycles. The van der Waals surface area contributed by atoms with Crippen molar-refractivity contribution >= 4 is 17.2 Å². The Hall–Kier alpha value is -0.830. The summed E-state index contributed by atoms with van der Waals surface area (Å²) >= 11 is 1.44. The van der Waals surface area contributed by atoms with Crippen molar-refractivity contribution in [2.75, 3.05) is 7.05 Å². The van der Waals surface area contributed by atoms with Gasteiger partial charge >= 0.3 is 0 Å². The van der Waals surface area contributed by atoms with E-state index >= 15 is 0 Å². The molecule has 0 atom stereocenters. The van der Waals surface area contributed by atoms with Gasteiger partial charge in [0, 0.05) is 8.47 Å². The highest BCUT2D eigenvalue weighted by atomic mass is 32.1. The number of carbonyl (C=O) groups is 1. The predicted octanol–water partition coefficient (Wildman–Crippen LogP) is 2.38. The van der Waals surface area contributed by atoms with E-state index in [1.54, 1.807) is 13.1 Å². The van der Waals surface area contributed by atoms with Crippen LogP contribution in [0.5, 0.6) is 0 Å². The summed E-state index contributed by atoms with van der Waals surface area (Å²) in [5.41, 5.74) is 0. The molecule has 0 aromatic carbocycles. The molecule has 11 heavy (non-hydrogen) atoms. The van der Waals surface area contributed by atoms with E-state index in [4.69, 9.17) is 0 Å². The van der Waals surface area contributed by atoms with Crippen molar-refractivity contribution < 1.29 is 6.22 Å². The Morgan fingerprint density at radius 3 is 2.64 bits per heavy atom. The van der Waals surface area contributed by atoms with E-state index in [1.165, 1.54) is 11.3 Å². The van der Waals surface area contributed by atoms with Gasteiger partial charge in [0.2, 0.25) is 0 Å². The van der Waals surface area contributed by atoms with E-state index in [-0.39, 0.29) is 7.33 Å². The molecule has 0 aliphatic carbocycles. The van der Waals surface area contributed by atoms with E-state index in [0.717, 1.165) is 4.88 Å². The lowest BCUT2D eigenvalue weighted by atomic mass is 10.4. The Morgan fingerprint density at radius 1 is 1.64 bits per heavy atom. The van der Waals surface area contributed by atoms with Crippen molar-refractivity contribution in [1.82, 2.24) is 5.32 Å². The van der Waals surface area contributed by atoms with Gasteiger partial charge in [0.25, 0.3) is 5.91 Å². The molecular weight excluding hydrogens is 158 g/mol. The molecule has 1 N–H and O–H groups in total. The molecule has 1 amide bonds. The summed E-state index contributed by atoms with van der Waals surface area (Å²) < 4.78 is 0. The summed E-state index contributed by atoms with van der Waals surface area (Å²) in [7, 11) is 1.63. The van der Waals surface area contributed by atoms with Gasteiger partial charge < -0.3 is 5.32 Å². The molecule has 0 fully saturated rings. The summed E-state index contributed by atoms with van der Waals surface area (Å²) in [6.07, 6.45) is 0. The smallest absolute Gasteiger partial charge is 0.261 e. The van der Waals surface area contributed by atoms with Gasteiger partial charge in [-0.1, -0.05) is 19.9 Å². The Morgan fingerprint density at radius 2 is 2.27 bits per heavy atom. The minimum Gasteiger partial charge on any atom is -0.354 e. The molecule has 1 aromatic heterocycles. The first kappa shape index (κ1) is 10.2. The van der Waals surface area contributed by atoms with Crippen molar-refractivity contribution in [3.63, 3.8) is 0 Å². The van der Waals surface area contributed by atoms with Crippen LogP contribution in [0.4, 0.5) is 0 Å². The van der Waals surface area contributed by atoms with Crippen LogP contribution in [0.2, 0.25) is 0 Å². The molecule has 0 radical (unpaired) electrons. The van der Waals surface area contributed by atoms with E-state index in [1.807, 2.05) is 25.3 Å².